The Bertz CT molecular complexity index is 353. The van der Waals surface area contributed by atoms with E-state index in [1.165, 1.54) is 4.90 Å². The topological polar surface area (TPSA) is 61.4 Å². The number of nitrogens with zero attached hydrogens (tertiary/aromatic N) is 2. The molecule has 6 heteroatoms. The van der Waals surface area contributed by atoms with Gasteiger partial charge in [0.1, 0.15) is 5.54 Å². The van der Waals surface area contributed by atoms with Crippen molar-refractivity contribution in [3.63, 3.8) is 0 Å². The van der Waals surface area contributed by atoms with Gasteiger partial charge in [0.05, 0.1) is 33.7 Å². The van der Waals surface area contributed by atoms with Crippen molar-refractivity contribution >= 4 is 11.9 Å². The molecule has 0 bridgehead atoms. The largest absolute Gasteiger partial charge is 0.327 e. The van der Waals surface area contributed by atoms with Gasteiger partial charge in [0.25, 0.3) is 5.91 Å². The molecule has 0 spiro atoms. The van der Waals surface area contributed by atoms with Gasteiger partial charge in [-0.15, -0.1) is 0 Å². The van der Waals surface area contributed by atoms with Crippen LogP contribution in [0.4, 0.5) is 4.79 Å². The fourth-order valence-electron chi connectivity index (χ4n) is 2.19. The zero-order valence-electron chi connectivity index (χ0n) is 12.7. The van der Waals surface area contributed by atoms with Gasteiger partial charge in [-0.25, -0.2) is 4.79 Å². The fourth-order valence-corrected chi connectivity index (χ4v) is 2.19. The van der Waals surface area contributed by atoms with E-state index in [1.54, 1.807) is 13.8 Å². The molecule has 6 nitrogen and oxygen atoms in total. The normalized spacial score (nSPS) is 18.9. The summed E-state index contributed by atoms with van der Waals surface area (Å²) in [5.41, 5.74) is -0.764. The molecule has 1 aliphatic heterocycles. The summed E-state index contributed by atoms with van der Waals surface area (Å²) in [7, 11) is 6.19. The number of hydrogen-bond donors (Lipinski definition) is 2. The van der Waals surface area contributed by atoms with Crippen LogP contribution in [0.1, 0.15) is 20.3 Å². The summed E-state index contributed by atoms with van der Waals surface area (Å²) < 4.78 is 0.805. The second kappa shape index (κ2) is 5.88. The molecule has 0 aliphatic carbocycles. The van der Waals surface area contributed by atoms with Crippen molar-refractivity contribution in [1.29, 1.82) is 0 Å². The molecule has 0 radical (unpaired) electrons. The molecule has 0 aromatic carbocycles. The number of hydrogen-bond acceptors (Lipinski definition) is 3. The lowest BCUT2D eigenvalue weighted by Crippen LogP contribution is -2.48. The molecule has 2 N–H and O–H groups in total. The number of quaternary nitrogens is 1. The van der Waals surface area contributed by atoms with Crippen LogP contribution in [0.5, 0.6) is 0 Å². The molecule has 0 atom stereocenters. The van der Waals surface area contributed by atoms with Gasteiger partial charge in [-0.1, -0.05) is 0 Å². The third-order valence-electron chi connectivity index (χ3n) is 3.56. The van der Waals surface area contributed by atoms with E-state index in [0.717, 1.165) is 30.5 Å². The minimum Gasteiger partial charge on any atom is -0.327 e. The van der Waals surface area contributed by atoms with Crippen LogP contribution in [0, 0.1) is 0 Å². The van der Waals surface area contributed by atoms with Crippen molar-refractivity contribution in [2.75, 3.05) is 47.3 Å². The van der Waals surface area contributed by atoms with Crippen molar-refractivity contribution in [2.45, 2.75) is 25.8 Å². The number of carbonyl (C=O) groups is 2. The maximum Gasteiger partial charge on any atom is 0.325 e. The van der Waals surface area contributed by atoms with Crippen LogP contribution in [-0.4, -0.2) is 74.2 Å². The van der Waals surface area contributed by atoms with Crippen LogP contribution < -0.4 is 10.6 Å². The second-order valence-electron chi connectivity index (χ2n) is 6.35. The minimum absolute atomic E-state index is 0.132. The number of likely N-dealkylation sites (N-methyl/N-ethyl adjacent to an activating group) is 1. The van der Waals surface area contributed by atoms with Gasteiger partial charge < -0.3 is 15.1 Å². The molecular formula is C13H27N4O2+. The van der Waals surface area contributed by atoms with Gasteiger partial charge >= 0.3 is 6.03 Å². The first-order valence-electron chi connectivity index (χ1n) is 6.80. The van der Waals surface area contributed by atoms with Crippen LogP contribution in [0.2, 0.25) is 0 Å². The van der Waals surface area contributed by atoms with E-state index in [0.29, 0.717) is 6.54 Å². The van der Waals surface area contributed by atoms with E-state index in [4.69, 9.17) is 0 Å². The summed E-state index contributed by atoms with van der Waals surface area (Å²) in [6.45, 7) is 6.73. The van der Waals surface area contributed by atoms with Crippen molar-refractivity contribution in [3.8, 4) is 0 Å². The first-order chi connectivity index (χ1) is 8.69. The Balaban J connectivity index is 2.48. The van der Waals surface area contributed by atoms with Crippen molar-refractivity contribution < 1.29 is 14.1 Å². The summed E-state index contributed by atoms with van der Waals surface area (Å²) >= 11 is 0. The van der Waals surface area contributed by atoms with Crippen LogP contribution in [0.15, 0.2) is 0 Å². The van der Waals surface area contributed by atoms with Gasteiger partial charge in [-0.3, -0.25) is 9.69 Å². The monoisotopic (exact) mass is 271 g/mol. The van der Waals surface area contributed by atoms with Gasteiger partial charge in [-0.05, 0) is 20.9 Å². The summed E-state index contributed by atoms with van der Waals surface area (Å²) in [4.78, 5) is 25.1. The van der Waals surface area contributed by atoms with Gasteiger partial charge in [-0.2, -0.15) is 0 Å². The molecule has 1 saturated heterocycles. The Morgan fingerprint density at radius 2 is 1.89 bits per heavy atom. The van der Waals surface area contributed by atoms with Crippen LogP contribution in [0.3, 0.4) is 0 Å². The highest BCUT2D eigenvalue weighted by atomic mass is 16.2. The number of imide groups is 1. The van der Waals surface area contributed by atoms with E-state index in [-0.39, 0.29) is 11.9 Å². The lowest BCUT2D eigenvalue weighted by molar-refractivity contribution is -0.889. The molecule has 110 valence electrons. The first kappa shape index (κ1) is 15.9. The molecule has 0 aromatic heterocycles. The van der Waals surface area contributed by atoms with Crippen molar-refractivity contribution in [3.05, 3.63) is 0 Å². The number of nitrogens with one attached hydrogen (secondary N) is 2. The molecule has 19 heavy (non-hydrogen) atoms. The molecule has 1 heterocycles. The Labute approximate surface area is 115 Å². The van der Waals surface area contributed by atoms with Crippen molar-refractivity contribution in [1.82, 2.24) is 15.5 Å². The quantitative estimate of drug-likeness (QED) is 0.389. The number of urea groups is 1. The molecule has 3 amide bonds. The predicted octanol–water partition coefficient (Wildman–Crippen LogP) is 0.00270. The summed E-state index contributed by atoms with van der Waals surface area (Å²) in [6, 6.07) is -0.273. The van der Waals surface area contributed by atoms with Crippen LogP contribution >= 0.6 is 0 Å². The highest BCUT2D eigenvalue weighted by molar-refractivity contribution is 6.06. The third-order valence-corrected chi connectivity index (χ3v) is 3.56. The third kappa shape index (κ3) is 4.18. The van der Waals surface area contributed by atoms with Gasteiger partial charge in [0.2, 0.25) is 0 Å². The molecule has 0 saturated carbocycles. The smallest absolute Gasteiger partial charge is 0.325 e. The van der Waals surface area contributed by atoms with E-state index < -0.39 is 5.54 Å². The standard InChI is InChI=1S/C13H26N4O2/c1-13(2)11(18)16(12(19)15-13)8-10-17(4,5)9-6-7-14-3/h14H,6-10H2,1-5H3/p+1. The lowest BCUT2D eigenvalue weighted by atomic mass is 10.1. The average molecular weight is 271 g/mol. The molecular weight excluding hydrogens is 244 g/mol. The van der Waals surface area contributed by atoms with Crippen LogP contribution in [-0.2, 0) is 4.79 Å². The Morgan fingerprint density at radius 3 is 2.37 bits per heavy atom. The maximum atomic E-state index is 12.0. The summed E-state index contributed by atoms with van der Waals surface area (Å²) in [6.07, 6.45) is 1.08. The Morgan fingerprint density at radius 1 is 1.26 bits per heavy atom. The summed E-state index contributed by atoms with van der Waals surface area (Å²) in [5.74, 6) is -0.132. The van der Waals surface area contributed by atoms with Crippen LogP contribution in [0.25, 0.3) is 0 Å². The first-order valence-corrected chi connectivity index (χ1v) is 6.80. The SMILES string of the molecule is CNCCC[N+](C)(C)CCN1C(=O)NC(C)(C)C1=O. The molecule has 1 fully saturated rings. The minimum atomic E-state index is -0.764. The van der Waals surface area contributed by atoms with Gasteiger partial charge in [0, 0.05) is 13.0 Å². The fraction of sp³-hybridized carbons (Fsp3) is 0.846. The van der Waals surface area contributed by atoms with E-state index in [2.05, 4.69) is 24.7 Å². The van der Waals surface area contributed by atoms with E-state index in [1.807, 2.05) is 7.05 Å². The van der Waals surface area contributed by atoms with E-state index >= 15 is 0 Å². The highest BCUT2D eigenvalue weighted by Crippen LogP contribution is 2.16. The van der Waals surface area contributed by atoms with Crippen molar-refractivity contribution in [2.24, 2.45) is 0 Å². The molecule has 0 aromatic rings. The molecule has 1 aliphatic rings. The lowest BCUT2D eigenvalue weighted by Gasteiger charge is -2.31. The Kier molecular flexibility index (Phi) is 4.92. The maximum absolute atomic E-state index is 12.0. The number of rotatable bonds is 7. The number of amides is 3. The highest BCUT2D eigenvalue weighted by Gasteiger charge is 2.44. The predicted molar refractivity (Wildman–Crippen MR) is 74.7 cm³/mol. The average Bonchev–Trinajstić information content (AvgIpc) is 2.46. The Hall–Kier alpha value is -1.14. The van der Waals surface area contributed by atoms with Gasteiger partial charge in [0.15, 0.2) is 0 Å². The molecule has 1 rings (SSSR count). The second-order valence-corrected chi connectivity index (χ2v) is 6.35. The number of carbonyl (C=O) groups excluding carboxylic acids is 2. The molecule has 0 unspecified atom stereocenters. The zero-order valence-corrected chi connectivity index (χ0v) is 12.7. The summed E-state index contributed by atoms with van der Waals surface area (Å²) in [5, 5.41) is 5.83. The van der Waals surface area contributed by atoms with E-state index in [9.17, 15) is 9.59 Å². The zero-order chi connectivity index (χ0) is 14.7.